The van der Waals surface area contributed by atoms with Crippen LogP contribution in [-0.4, -0.2) is 51.1 Å². The van der Waals surface area contributed by atoms with Crippen LogP contribution in [0.2, 0.25) is 0 Å². The highest BCUT2D eigenvalue weighted by atomic mass is 16.5. The van der Waals surface area contributed by atoms with Crippen molar-refractivity contribution in [3.05, 3.63) is 12.7 Å². The number of hydrogen-bond donors (Lipinski definition) is 2. The van der Waals surface area contributed by atoms with E-state index in [-0.39, 0.29) is 17.4 Å². The van der Waals surface area contributed by atoms with E-state index in [0.717, 1.165) is 30.7 Å². The normalized spacial score (nSPS) is 48.6. The Bertz CT molecular complexity index is 892. The van der Waals surface area contributed by atoms with Crippen molar-refractivity contribution >= 4 is 5.78 Å². The molecule has 0 bridgehead atoms. The fraction of sp³-hybridized carbons (Fsp3) is 0.889. The second-order valence-corrected chi connectivity index (χ2v) is 12.7. The summed E-state index contributed by atoms with van der Waals surface area (Å²) >= 11 is 0. The molecule has 1 aromatic rings. The van der Waals surface area contributed by atoms with Gasteiger partial charge in [-0.05, 0) is 98.2 Å². The number of nitrogens with zero attached hydrogens (tertiary/aromatic N) is 3. The first kappa shape index (κ1) is 23.1. The molecule has 2 heterocycles. The van der Waals surface area contributed by atoms with Crippen LogP contribution in [0.3, 0.4) is 0 Å². The fourth-order valence-electron chi connectivity index (χ4n) is 9.71. The van der Waals surface area contributed by atoms with Crippen molar-refractivity contribution in [3.8, 4) is 0 Å². The molecule has 7 nitrogen and oxygen atoms in total. The largest absolute Gasteiger partial charge is 0.376 e. The van der Waals surface area contributed by atoms with E-state index < -0.39 is 6.23 Å². The third kappa shape index (κ3) is 3.60. The van der Waals surface area contributed by atoms with Gasteiger partial charge in [0.1, 0.15) is 25.4 Å². The maximum absolute atomic E-state index is 13.3. The predicted octanol–water partition coefficient (Wildman–Crippen LogP) is 3.43. The van der Waals surface area contributed by atoms with Gasteiger partial charge < -0.3 is 9.84 Å². The van der Waals surface area contributed by atoms with Crippen LogP contribution < -0.4 is 5.32 Å². The van der Waals surface area contributed by atoms with E-state index in [0.29, 0.717) is 36.2 Å². The monoisotopic (exact) mass is 470 g/mol. The van der Waals surface area contributed by atoms with Crippen LogP contribution in [0, 0.1) is 46.3 Å². The zero-order valence-electron chi connectivity index (χ0n) is 20.9. The lowest BCUT2D eigenvalue weighted by Crippen LogP contribution is -2.57. The molecule has 7 heteroatoms. The average Bonchev–Trinajstić information content (AvgIpc) is 3.46. The summed E-state index contributed by atoms with van der Waals surface area (Å²) in [6.45, 7) is 6.85. The van der Waals surface area contributed by atoms with Gasteiger partial charge in [-0.1, -0.05) is 13.8 Å². The number of ketones is 1. The molecule has 188 valence electrons. The van der Waals surface area contributed by atoms with Crippen LogP contribution in [0.15, 0.2) is 12.7 Å². The summed E-state index contributed by atoms with van der Waals surface area (Å²) in [6.07, 6.45) is 13.6. The highest BCUT2D eigenvalue weighted by molar-refractivity contribution is 5.82. The number of carbonyl (C=O) groups is 1. The van der Waals surface area contributed by atoms with Gasteiger partial charge in [0, 0.05) is 12.5 Å². The molecule has 0 radical (unpaired) electrons. The number of aromatic nitrogens is 3. The second kappa shape index (κ2) is 8.67. The first-order valence-electron chi connectivity index (χ1n) is 13.8. The minimum atomic E-state index is -0.514. The van der Waals surface area contributed by atoms with Crippen LogP contribution in [-0.2, 0) is 16.1 Å². The molecule has 0 amide bonds. The van der Waals surface area contributed by atoms with E-state index in [1.54, 1.807) is 11.0 Å². The van der Waals surface area contributed by atoms with Crippen LogP contribution in [0.5, 0.6) is 0 Å². The average molecular weight is 471 g/mol. The van der Waals surface area contributed by atoms with E-state index in [4.69, 9.17) is 4.74 Å². The van der Waals surface area contributed by atoms with Gasteiger partial charge in [0.15, 0.2) is 5.78 Å². The lowest BCUT2D eigenvalue weighted by atomic mass is 9.44. The summed E-state index contributed by atoms with van der Waals surface area (Å²) in [4.78, 5) is 17.3. The standard InChI is InChI=1S/C27H42N4O3/c1-26-9-7-17(24-25(33)29-11-12-34-24)13-18(26)3-4-19-20-5-6-22(27(20,2)10-8-21(19)26)23(32)14-31-16-28-15-30-31/h15-22,24-25,29,33H,3-14H2,1-2H3/t17?,18-,19-,20-,21-,22+,24-,25-,26-,27-/m0/s1. The van der Waals surface area contributed by atoms with Gasteiger partial charge in [-0.15, -0.1) is 0 Å². The van der Waals surface area contributed by atoms with Crippen molar-refractivity contribution in [2.45, 2.75) is 90.5 Å². The van der Waals surface area contributed by atoms with Crippen molar-refractivity contribution in [1.82, 2.24) is 20.1 Å². The van der Waals surface area contributed by atoms with Gasteiger partial charge in [0.25, 0.3) is 0 Å². The topological polar surface area (TPSA) is 89.3 Å². The van der Waals surface area contributed by atoms with Crippen molar-refractivity contribution in [3.63, 3.8) is 0 Å². The smallest absolute Gasteiger partial charge is 0.157 e. The van der Waals surface area contributed by atoms with E-state index in [9.17, 15) is 9.90 Å². The summed E-state index contributed by atoms with van der Waals surface area (Å²) in [7, 11) is 0. The Morgan fingerprint density at radius 1 is 1.12 bits per heavy atom. The molecule has 1 aliphatic heterocycles. The van der Waals surface area contributed by atoms with Crippen molar-refractivity contribution in [2.75, 3.05) is 13.2 Å². The molecule has 5 aliphatic rings. The van der Waals surface area contributed by atoms with Crippen LogP contribution >= 0.6 is 0 Å². The SMILES string of the molecule is C[C@]12CCC([C@@H]3OCCN[C@H]3O)C[C@@H]1CC[C@@H]1[C@@H]2CC[C@]2(C)[C@@H](C(=O)Cn3cncn3)CC[C@@H]12. The zero-order chi connectivity index (χ0) is 23.5. The Labute approximate surface area is 203 Å². The molecule has 1 aromatic heterocycles. The summed E-state index contributed by atoms with van der Waals surface area (Å²) in [5, 5.41) is 17.9. The highest BCUT2D eigenvalue weighted by Gasteiger charge is 2.61. The minimum absolute atomic E-state index is 0.0442. The fourth-order valence-corrected chi connectivity index (χ4v) is 9.71. The second-order valence-electron chi connectivity index (χ2n) is 12.7. The van der Waals surface area contributed by atoms with Crippen LogP contribution in [0.25, 0.3) is 0 Å². The summed E-state index contributed by atoms with van der Waals surface area (Å²) in [5.74, 6) is 3.95. The molecule has 4 saturated carbocycles. The molecular formula is C27H42N4O3. The Morgan fingerprint density at radius 2 is 1.94 bits per heavy atom. The summed E-state index contributed by atoms with van der Waals surface area (Å²) < 4.78 is 7.73. The Hall–Kier alpha value is -1.31. The van der Waals surface area contributed by atoms with Crippen molar-refractivity contribution < 1.29 is 14.6 Å². The Balaban J connectivity index is 1.16. The van der Waals surface area contributed by atoms with E-state index in [1.165, 1.54) is 57.7 Å². The van der Waals surface area contributed by atoms with Crippen LogP contribution in [0.4, 0.5) is 0 Å². The zero-order valence-corrected chi connectivity index (χ0v) is 20.9. The maximum Gasteiger partial charge on any atom is 0.157 e. The third-order valence-corrected chi connectivity index (χ3v) is 11.4. The molecule has 0 aromatic carbocycles. The molecule has 34 heavy (non-hydrogen) atoms. The molecule has 10 atom stereocenters. The number of hydrogen-bond acceptors (Lipinski definition) is 6. The maximum atomic E-state index is 13.3. The van der Waals surface area contributed by atoms with E-state index in [1.807, 2.05) is 0 Å². The molecule has 1 saturated heterocycles. The predicted molar refractivity (Wildman–Crippen MR) is 127 cm³/mol. The molecule has 6 rings (SSSR count). The Kier molecular flexibility index (Phi) is 5.89. The molecule has 0 spiro atoms. The molecule has 1 unspecified atom stereocenters. The van der Waals surface area contributed by atoms with Crippen molar-refractivity contribution in [2.24, 2.45) is 46.3 Å². The van der Waals surface area contributed by atoms with Gasteiger partial charge in [-0.25, -0.2) is 9.67 Å². The number of Topliss-reactive ketones (excluding diaryl/α,β-unsaturated/α-hetero) is 1. The number of aliphatic hydroxyl groups excluding tert-OH is 1. The summed E-state index contributed by atoms with van der Waals surface area (Å²) in [6, 6.07) is 0. The van der Waals surface area contributed by atoms with Gasteiger partial charge in [0.2, 0.25) is 0 Å². The van der Waals surface area contributed by atoms with Crippen molar-refractivity contribution in [1.29, 1.82) is 0 Å². The number of morpholine rings is 1. The molecule has 2 N–H and O–H groups in total. The number of nitrogens with one attached hydrogen (secondary N) is 1. The van der Waals surface area contributed by atoms with Gasteiger partial charge >= 0.3 is 0 Å². The third-order valence-electron chi connectivity index (χ3n) is 11.4. The first-order chi connectivity index (χ1) is 16.4. The van der Waals surface area contributed by atoms with Crippen LogP contribution in [0.1, 0.15) is 71.6 Å². The first-order valence-corrected chi connectivity index (χ1v) is 13.8. The Morgan fingerprint density at radius 3 is 2.74 bits per heavy atom. The van der Waals surface area contributed by atoms with Gasteiger partial charge in [0.05, 0.1) is 12.7 Å². The molecule has 5 fully saturated rings. The number of fused-ring (bicyclic) bond motifs is 5. The van der Waals surface area contributed by atoms with E-state index in [2.05, 4.69) is 29.2 Å². The molecule has 4 aliphatic carbocycles. The minimum Gasteiger partial charge on any atom is -0.376 e. The molecular weight excluding hydrogens is 428 g/mol. The number of ether oxygens (including phenoxy) is 1. The number of rotatable bonds is 4. The lowest BCUT2D eigenvalue weighted by molar-refractivity contribution is -0.157. The number of aliphatic hydroxyl groups is 1. The van der Waals surface area contributed by atoms with Gasteiger partial charge in [-0.3, -0.25) is 10.1 Å². The highest BCUT2D eigenvalue weighted by Crippen LogP contribution is 2.68. The number of carbonyl (C=O) groups excluding carboxylic acids is 1. The van der Waals surface area contributed by atoms with Gasteiger partial charge in [-0.2, -0.15) is 5.10 Å². The van der Waals surface area contributed by atoms with E-state index >= 15 is 0 Å². The lowest BCUT2D eigenvalue weighted by Gasteiger charge is -2.61. The summed E-state index contributed by atoms with van der Waals surface area (Å²) in [5.41, 5.74) is 0.543. The quantitative estimate of drug-likeness (QED) is 0.701.